The quantitative estimate of drug-likeness (QED) is 0.741. The van der Waals surface area contributed by atoms with Gasteiger partial charge in [0.1, 0.15) is 24.3 Å². The van der Waals surface area contributed by atoms with Crippen molar-refractivity contribution < 1.29 is 9.53 Å². The first-order chi connectivity index (χ1) is 13.1. The molecule has 3 atom stereocenters. The molecule has 1 amide bonds. The number of carbonyl (C=O) groups is 1. The van der Waals surface area contributed by atoms with Gasteiger partial charge in [-0.2, -0.15) is 0 Å². The molecule has 3 heterocycles. The number of nitrogens with one attached hydrogen (secondary N) is 1. The number of nitrogens with two attached hydrogens (primary N) is 1. The summed E-state index contributed by atoms with van der Waals surface area (Å²) in [6.45, 7) is 4.43. The molecule has 0 saturated carbocycles. The topological polar surface area (TPSA) is 95.1 Å². The Morgan fingerprint density at radius 2 is 2.22 bits per heavy atom. The lowest BCUT2D eigenvalue weighted by atomic mass is 10.0. The third kappa shape index (κ3) is 3.31. The van der Waals surface area contributed by atoms with Gasteiger partial charge in [-0.1, -0.05) is 19.1 Å². The van der Waals surface area contributed by atoms with Crippen molar-refractivity contribution in [3.05, 3.63) is 54.1 Å². The minimum absolute atomic E-state index is 0.0908. The fourth-order valence-electron chi connectivity index (χ4n) is 3.62. The van der Waals surface area contributed by atoms with Crippen molar-refractivity contribution in [2.45, 2.75) is 39.1 Å². The molecule has 2 aromatic heterocycles. The summed E-state index contributed by atoms with van der Waals surface area (Å²) in [4.78, 5) is 21.4. The average Bonchev–Trinajstić information content (AvgIpc) is 3.26. The first-order valence-corrected chi connectivity index (χ1v) is 9.10. The van der Waals surface area contributed by atoms with E-state index in [1.54, 1.807) is 6.33 Å². The summed E-state index contributed by atoms with van der Waals surface area (Å²) in [7, 11) is 0. The maximum absolute atomic E-state index is 12.8. The van der Waals surface area contributed by atoms with E-state index in [0.717, 1.165) is 34.4 Å². The number of carbonyl (C=O) groups excluding carboxylic acids is 1. The Bertz CT molecular complexity index is 983. The highest BCUT2D eigenvalue weighted by molar-refractivity contribution is 5.94. The Kier molecular flexibility index (Phi) is 4.63. The molecule has 3 unspecified atom stereocenters. The highest BCUT2D eigenvalue weighted by atomic mass is 16.5. The molecule has 4 rings (SSSR count). The van der Waals surface area contributed by atoms with Crippen LogP contribution in [0.5, 0.6) is 0 Å². The highest BCUT2D eigenvalue weighted by Crippen LogP contribution is 2.35. The maximum atomic E-state index is 12.8. The van der Waals surface area contributed by atoms with E-state index in [0.29, 0.717) is 6.54 Å². The lowest BCUT2D eigenvalue weighted by Gasteiger charge is -2.17. The lowest BCUT2D eigenvalue weighted by molar-refractivity contribution is -0.129. The molecule has 1 aliphatic heterocycles. The normalized spacial score (nSPS) is 22.3. The predicted octanol–water partition coefficient (Wildman–Crippen LogP) is 2.76. The summed E-state index contributed by atoms with van der Waals surface area (Å²) < 4.78 is 8.11. The minimum atomic E-state index is -0.517. The number of nitrogens with zero attached hydrogens (tertiary/aromatic N) is 3. The van der Waals surface area contributed by atoms with Crippen LogP contribution in [0.1, 0.15) is 30.8 Å². The van der Waals surface area contributed by atoms with E-state index in [2.05, 4.69) is 15.3 Å². The summed E-state index contributed by atoms with van der Waals surface area (Å²) in [6.07, 6.45) is 3.51. The van der Waals surface area contributed by atoms with Crippen molar-refractivity contribution in [2.24, 2.45) is 11.7 Å². The SMILES string of the molecule is Cc1ncnc2c1ccn2C1CC(C)C(C(=O)Nc2cccc(CN)c2)O1. The van der Waals surface area contributed by atoms with Gasteiger partial charge in [-0.05, 0) is 43.0 Å². The van der Waals surface area contributed by atoms with E-state index in [4.69, 9.17) is 10.5 Å². The molecule has 7 nitrogen and oxygen atoms in total. The summed E-state index contributed by atoms with van der Waals surface area (Å²) in [5.41, 5.74) is 9.14. The Hall–Kier alpha value is -2.77. The van der Waals surface area contributed by atoms with E-state index >= 15 is 0 Å². The van der Waals surface area contributed by atoms with Crippen molar-refractivity contribution in [1.82, 2.24) is 14.5 Å². The molecule has 7 heteroatoms. The number of amides is 1. The Morgan fingerprint density at radius 3 is 3.04 bits per heavy atom. The number of hydrogen-bond donors (Lipinski definition) is 2. The van der Waals surface area contributed by atoms with Crippen molar-refractivity contribution in [1.29, 1.82) is 0 Å². The summed E-state index contributed by atoms with van der Waals surface area (Å²) in [5.74, 6) is -0.0467. The zero-order valence-electron chi connectivity index (χ0n) is 15.4. The second-order valence-corrected chi connectivity index (χ2v) is 7.04. The van der Waals surface area contributed by atoms with Crippen LogP contribution in [0.4, 0.5) is 5.69 Å². The molecule has 0 bridgehead atoms. The van der Waals surface area contributed by atoms with E-state index in [-0.39, 0.29) is 18.1 Å². The molecular weight excluding hydrogens is 342 g/mol. The van der Waals surface area contributed by atoms with Crippen LogP contribution in [0, 0.1) is 12.8 Å². The number of rotatable bonds is 4. The number of fused-ring (bicyclic) bond motifs is 1. The van der Waals surface area contributed by atoms with Gasteiger partial charge in [-0.25, -0.2) is 9.97 Å². The van der Waals surface area contributed by atoms with Gasteiger partial charge in [0.05, 0.1) is 5.69 Å². The number of anilines is 1. The van der Waals surface area contributed by atoms with Crippen molar-refractivity contribution in [2.75, 3.05) is 5.32 Å². The summed E-state index contributed by atoms with van der Waals surface area (Å²) in [5, 5.41) is 3.95. The number of ether oxygens (including phenoxy) is 1. The Labute approximate surface area is 157 Å². The number of aromatic nitrogens is 3. The maximum Gasteiger partial charge on any atom is 0.253 e. The minimum Gasteiger partial charge on any atom is -0.345 e. The third-order valence-electron chi connectivity index (χ3n) is 5.10. The van der Waals surface area contributed by atoms with E-state index < -0.39 is 6.10 Å². The summed E-state index contributed by atoms with van der Waals surface area (Å²) >= 11 is 0. The van der Waals surface area contributed by atoms with Crippen molar-refractivity contribution >= 4 is 22.6 Å². The number of benzene rings is 1. The number of aryl methyl sites for hydroxylation is 1. The second-order valence-electron chi connectivity index (χ2n) is 7.04. The largest absolute Gasteiger partial charge is 0.345 e. The van der Waals surface area contributed by atoms with Crippen LogP contribution in [-0.4, -0.2) is 26.5 Å². The molecule has 1 aliphatic rings. The molecule has 1 saturated heterocycles. The van der Waals surface area contributed by atoms with E-state index in [9.17, 15) is 4.79 Å². The molecule has 1 fully saturated rings. The standard InChI is InChI=1S/C20H23N5O2/c1-12-8-17(25-7-6-16-13(2)22-11-23-19(16)25)27-18(12)20(26)24-15-5-3-4-14(9-15)10-21/h3-7,9,11-12,17-18H,8,10,21H2,1-2H3,(H,24,26). The van der Waals surface area contributed by atoms with Gasteiger partial charge >= 0.3 is 0 Å². The Balaban J connectivity index is 1.52. The molecule has 0 aliphatic carbocycles. The lowest BCUT2D eigenvalue weighted by Crippen LogP contribution is -2.31. The molecule has 3 aromatic rings. The Morgan fingerprint density at radius 1 is 1.37 bits per heavy atom. The van der Waals surface area contributed by atoms with Gasteiger partial charge in [-0.15, -0.1) is 0 Å². The fourth-order valence-corrected chi connectivity index (χ4v) is 3.62. The smallest absolute Gasteiger partial charge is 0.253 e. The van der Waals surface area contributed by atoms with Crippen LogP contribution in [0.2, 0.25) is 0 Å². The van der Waals surface area contributed by atoms with E-state index in [1.807, 2.05) is 54.9 Å². The monoisotopic (exact) mass is 365 g/mol. The zero-order valence-corrected chi connectivity index (χ0v) is 15.4. The highest BCUT2D eigenvalue weighted by Gasteiger charge is 2.38. The average molecular weight is 365 g/mol. The van der Waals surface area contributed by atoms with Crippen LogP contribution in [-0.2, 0) is 16.1 Å². The fraction of sp³-hybridized carbons (Fsp3) is 0.350. The molecule has 3 N–H and O–H groups in total. The van der Waals surface area contributed by atoms with E-state index in [1.165, 1.54) is 0 Å². The van der Waals surface area contributed by atoms with Crippen LogP contribution in [0.15, 0.2) is 42.9 Å². The van der Waals surface area contributed by atoms with Crippen LogP contribution < -0.4 is 11.1 Å². The first-order valence-electron chi connectivity index (χ1n) is 9.10. The van der Waals surface area contributed by atoms with Crippen molar-refractivity contribution in [3.63, 3.8) is 0 Å². The van der Waals surface area contributed by atoms with Gasteiger partial charge in [0.2, 0.25) is 0 Å². The molecular formula is C20H23N5O2. The zero-order chi connectivity index (χ0) is 19.0. The molecule has 0 spiro atoms. The summed E-state index contributed by atoms with van der Waals surface area (Å²) in [6, 6.07) is 9.54. The molecule has 0 radical (unpaired) electrons. The molecule has 1 aromatic carbocycles. The van der Waals surface area contributed by atoms with Gasteiger partial charge < -0.3 is 20.4 Å². The van der Waals surface area contributed by atoms with Gasteiger partial charge in [-0.3, -0.25) is 4.79 Å². The van der Waals surface area contributed by atoms with Crippen LogP contribution in [0.3, 0.4) is 0 Å². The molecule has 140 valence electrons. The van der Waals surface area contributed by atoms with Gasteiger partial charge in [0, 0.05) is 23.8 Å². The first kappa shape index (κ1) is 17.6. The molecule has 27 heavy (non-hydrogen) atoms. The predicted molar refractivity (Wildman–Crippen MR) is 103 cm³/mol. The van der Waals surface area contributed by atoms with Crippen molar-refractivity contribution in [3.8, 4) is 0 Å². The number of hydrogen-bond acceptors (Lipinski definition) is 5. The third-order valence-corrected chi connectivity index (χ3v) is 5.10. The van der Waals surface area contributed by atoms with Crippen LogP contribution in [0.25, 0.3) is 11.0 Å². The van der Waals surface area contributed by atoms with Gasteiger partial charge in [0.25, 0.3) is 5.91 Å². The van der Waals surface area contributed by atoms with Gasteiger partial charge in [0.15, 0.2) is 0 Å². The second kappa shape index (κ2) is 7.09. The van der Waals surface area contributed by atoms with Crippen LogP contribution >= 0.6 is 0 Å².